The summed E-state index contributed by atoms with van der Waals surface area (Å²) in [6, 6.07) is -0.380. The summed E-state index contributed by atoms with van der Waals surface area (Å²) in [5.74, 6) is -4.63. The highest BCUT2D eigenvalue weighted by Gasteiger charge is 2.59. The first-order valence-electron chi connectivity index (χ1n) is 9.92. The van der Waals surface area contributed by atoms with E-state index >= 15 is 0 Å². The first-order chi connectivity index (χ1) is 15.1. The van der Waals surface area contributed by atoms with Crippen LogP contribution in [0.4, 0.5) is 5.13 Å². The first kappa shape index (κ1) is 22.6. The van der Waals surface area contributed by atoms with E-state index in [4.69, 9.17) is 0 Å². The number of nitrogens with zero attached hydrogens (tertiary/aromatic N) is 3. The summed E-state index contributed by atoms with van der Waals surface area (Å²) in [6.07, 6.45) is -0.860. The zero-order valence-corrected chi connectivity index (χ0v) is 18.8. The Balaban J connectivity index is 1.39. The lowest BCUT2D eigenvalue weighted by Crippen LogP contribution is -2.64. The van der Waals surface area contributed by atoms with E-state index in [2.05, 4.69) is 10.3 Å². The van der Waals surface area contributed by atoms with E-state index in [-0.39, 0.29) is 28.6 Å². The van der Waals surface area contributed by atoms with Crippen molar-refractivity contribution in [3.63, 3.8) is 0 Å². The molecule has 2 N–H and O–H groups in total. The minimum absolute atomic E-state index is 0.0554. The second-order valence-electron chi connectivity index (χ2n) is 7.97. The number of thioether (sulfide) groups is 1. The van der Waals surface area contributed by atoms with Crippen LogP contribution in [0, 0.1) is 11.8 Å². The summed E-state index contributed by atoms with van der Waals surface area (Å²) in [7, 11) is 0. The van der Waals surface area contributed by atoms with Crippen LogP contribution in [-0.4, -0.2) is 75.8 Å². The molecule has 3 aliphatic heterocycles. The minimum atomic E-state index is -1.40. The standard InChI is InChI=1S/C19H22N4O7S2/c1-7-13-12(8(2)24)17(28)23(13)14(18(29)30)15(7)32-9-4-22(5-9)19-21-10(6-31-19)16(27)20-3-11(25)26/h6-9,12-13,24H,3-5H2,1-2H3,(H,20,27)(H,25,26)(H,29,30)/p-2/t7-,8-,12-,13-/m1/s1. The third-order valence-corrected chi connectivity index (χ3v) is 8.18. The van der Waals surface area contributed by atoms with Crippen LogP contribution in [0.2, 0.25) is 0 Å². The average molecular weight is 481 g/mol. The van der Waals surface area contributed by atoms with Gasteiger partial charge in [0.25, 0.3) is 5.91 Å². The molecule has 0 saturated carbocycles. The van der Waals surface area contributed by atoms with E-state index in [0.717, 1.165) is 0 Å². The van der Waals surface area contributed by atoms with Crippen LogP contribution in [0.15, 0.2) is 16.0 Å². The highest BCUT2D eigenvalue weighted by molar-refractivity contribution is 8.03. The third-order valence-electron chi connectivity index (χ3n) is 5.83. The SMILES string of the molecule is C[C@@H](O)[C@H]1C(=O)N2C(C(=O)[O-])=C(SC3CN(c4nc(C(=O)NCC(=O)[O-])cs4)C3)[C@H](C)[C@H]12. The van der Waals surface area contributed by atoms with Gasteiger partial charge in [0.05, 0.1) is 42.2 Å². The molecule has 0 unspecified atom stereocenters. The number of hydrogen-bond donors (Lipinski definition) is 2. The van der Waals surface area contributed by atoms with Crippen molar-refractivity contribution in [1.82, 2.24) is 15.2 Å². The Morgan fingerprint density at radius 2 is 2.06 bits per heavy atom. The van der Waals surface area contributed by atoms with Crippen LogP contribution in [-0.2, 0) is 14.4 Å². The van der Waals surface area contributed by atoms with Crippen molar-refractivity contribution in [2.75, 3.05) is 24.5 Å². The van der Waals surface area contributed by atoms with Crippen LogP contribution in [0.5, 0.6) is 0 Å². The lowest BCUT2D eigenvalue weighted by molar-refractivity contribution is -0.304. The largest absolute Gasteiger partial charge is 0.548 e. The van der Waals surface area contributed by atoms with Gasteiger partial charge >= 0.3 is 0 Å². The summed E-state index contributed by atoms with van der Waals surface area (Å²) in [4.78, 5) is 54.5. The van der Waals surface area contributed by atoms with Crippen LogP contribution < -0.4 is 20.4 Å². The molecule has 4 rings (SSSR count). The molecule has 2 amide bonds. The molecule has 172 valence electrons. The van der Waals surface area contributed by atoms with Gasteiger partial charge < -0.3 is 40.0 Å². The van der Waals surface area contributed by atoms with E-state index in [0.29, 0.717) is 23.1 Å². The number of hydrogen-bond acceptors (Lipinski definition) is 11. The number of β-lactam (4-membered cyclic amide) rings is 1. The molecule has 1 aromatic heterocycles. The van der Waals surface area contributed by atoms with Crippen molar-refractivity contribution in [2.24, 2.45) is 11.8 Å². The molecule has 3 aliphatic rings. The van der Waals surface area contributed by atoms with E-state index in [1.165, 1.54) is 40.3 Å². The molecule has 2 fully saturated rings. The van der Waals surface area contributed by atoms with Gasteiger partial charge in [-0.3, -0.25) is 9.59 Å². The lowest BCUT2D eigenvalue weighted by atomic mass is 9.79. The Bertz CT molecular complexity index is 1020. The van der Waals surface area contributed by atoms with Crippen LogP contribution in [0.25, 0.3) is 0 Å². The number of aromatic nitrogens is 1. The number of aliphatic hydroxyl groups excluding tert-OH is 1. The molecule has 2 saturated heterocycles. The van der Waals surface area contributed by atoms with Gasteiger partial charge in [0.1, 0.15) is 5.69 Å². The molecule has 13 heteroatoms. The maximum atomic E-state index is 12.4. The van der Waals surface area contributed by atoms with Gasteiger partial charge in [0.2, 0.25) is 5.91 Å². The Labute approximate surface area is 191 Å². The topological polar surface area (TPSA) is 166 Å². The number of anilines is 1. The quantitative estimate of drug-likeness (QED) is 0.376. The van der Waals surface area contributed by atoms with Gasteiger partial charge in [-0.05, 0) is 6.92 Å². The van der Waals surface area contributed by atoms with Gasteiger partial charge in [-0.15, -0.1) is 23.1 Å². The van der Waals surface area contributed by atoms with E-state index < -0.39 is 42.3 Å². The number of amides is 2. The zero-order valence-electron chi connectivity index (χ0n) is 17.1. The second-order valence-corrected chi connectivity index (χ2v) is 10.1. The number of carbonyl (C=O) groups excluding carboxylic acids is 4. The second kappa shape index (κ2) is 8.37. The molecule has 11 nitrogen and oxygen atoms in total. The number of thiazole rings is 1. The smallest absolute Gasteiger partial charge is 0.271 e. The minimum Gasteiger partial charge on any atom is -0.548 e. The molecule has 0 bridgehead atoms. The van der Waals surface area contributed by atoms with Gasteiger partial charge in [0.15, 0.2) is 5.13 Å². The highest BCUT2D eigenvalue weighted by atomic mass is 32.2. The molecular weight excluding hydrogens is 460 g/mol. The molecule has 4 atom stereocenters. The van der Waals surface area contributed by atoms with Gasteiger partial charge in [-0.2, -0.15) is 0 Å². The molecule has 32 heavy (non-hydrogen) atoms. The number of carboxylic acid groups (broad SMARTS) is 2. The highest BCUT2D eigenvalue weighted by Crippen LogP contribution is 2.51. The lowest BCUT2D eigenvalue weighted by Gasteiger charge is -2.47. The number of fused-ring (bicyclic) bond motifs is 1. The van der Waals surface area contributed by atoms with Crippen LogP contribution in [0.3, 0.4) is 0 Å². The predicted molar refractivity (Wildman–Crippen MR) is 110 cm³/mol. The van der Waals surface area contributed by atoms with Crippen molar-refractivity contribution in [3.8, 4) is 0 Å². The molecule has 0 spiro atoms. The van der Waals surface area contributed by atoms with Crippen molar-refractivity contribution in [3.05, 3.63) is 21.7 Å². The summed E-state index contributed by atoms with van der Waals surface area (Å²) in [5.41, 5.74) is 0.00902. The van der Waals surface area contributed by atoms with Gasteiger partial charge in [0, 0.05) is 34.5 Å². The number of rotatable bonds is 8. The number of aliphatic hydroxyl groups is 1. The molecule has 1 aromatic rings. The first-order valence-corrected chi connectivity index (χ1v) is 11.7. The number of nitrogens with one attached hydrogen (secondary N) is 1. The zero-order chi connectivity index (χ0) is 23.3. The number of carbonyl (C=O) groups is 4. The van der Waals surface area contributed by atoms with Crippen molar-refractivity contribution >= 4 is 52.0 Å². The summed E-state index contributed by atoms with van der Waals surface area (Å²) in [6.45, 7) is 3.91. The van der Waals surface area contributed by atoms with Gasteiger partial charge in [-0.1, -0.05) is 6.92 Å². The number of aliphatic carboxylic acids is 2. The Morgan fingerprint density at radius 1 is 1.38 bits per heavy atom. The van der Waals surface area contributed by atoms with E-state index in [1.54, 1.807) is 0 Å². The van der Waals surface area contributed by atoms with Crippen LogP contribution >= 0.6 is 23.1 Å². The normalized spacial score (nSPS) is 25.8. The van der Waals surface area contributed by atoms with E-state index in [9.17, 15) is 34.5 Å². The Hall–Kier alpha value is -2.64. The maximum Gasteiger partial charge on any atom is 0.271 e. The van der Waals surface area contributed by atoms with Crippen LogP contribution in [0.1, 0.15) is 24.3 Å². The van der Waals surface area contributed by atoms with Crippen molar-refractivity contribution < 1.29 is 34.5 Å². The Morgan fingerprint density at radius 3 is 2.66 bits per heavy atom. The molecule has 4 heterocycles. The molecule has 0 aliphatic carbocycles. The van der Waals surface area contributed by atoms with Gasteiger partial charge in [-0.25, -0.2) is 4.98 Å². The monoisotopic (exact) mass is 480 g/mol. The summed E-state index contributed by atoms with van der Waals surface area (Å²) >= 11 is 2.64. The fourth-order valence-corrected chi connectivity index (χ4v) is 6.62. The van der Waals surface area contributed by atoms with Crippen molar-refractivity contribution in [1.29, 1.82) is 0 Å². The summed E-state index contributed by atoms with van der Waals surface area (Å²) in [5, 5.41) is 36.5. The summed E-state index contributed by atoms with van der Waals surface area (Å²) < 4.78 is 0. The van der Waals surface area contributed by atoms with E-state index in [1.807, 2.05) is 11.8 Å². The average Bonchev–Trinajstić information content (AvgIpc) is 3.24. The molecular formula is C19H20N4O7S2-2. The molecule has 0 radical (unpaired) electrons. The Kier molecular flexibility index (Phi) is 5.90. The molecule has 0 aromatic carbocycles. The fourth-order valence-electron chi connectivity index (χ4n) is 4.27. The maximum absolute atomic E-state index is 12.4. The predicted octanol–water partition coefficient (Wildman–Crippen LogP) is -2.64. The van der Waals surface area contributed by atoms with Crippen molar-refractivity contribution in [2.45, 2.75) is 31.2 Å². The fraction of sp³-hybridized carbons (Fsp3) is 0.526. The third kappa shape index (κ3) is 3.73. The number of carboxylic acids is 2.